The number of hydrogen-bond acceptors (Lipinski definition) is 17. The van der Waals surface area contributed by atoms with Gasteiger partial charge in [-0.1, -0.05) is 34.6 Å². The quantitative estimate of drug-likeness (QED) is 0.138. The fourth-order valence-electron chi connectivity index (χ4n) is 15.5. The zero-order chi connectivity index (χ0) is 47.6. The van der Waals surface area contributed by atoms with E-state index in [-0.39, 0.29) is 34.4 Å². The molecule has 26 atom stereocenters. The molecular formula is C48H82O17. The summed E-state index contributed by atoms with van der Waals surface area (Å²) in [4.78, 5) is 0. The average Bonchev–Trinajstić information content (AvgIpc) is 3.85. The molecule has 0 spiro atoms. The van der Waals surface area contributed by atoms with E-state index in [1.807, 2.05) is 0 Å². The second-order valence-electron chi connectivity index (χ2n) is 23.6. The zero-order valence-electron chi connectivity index (χ0n) is 39.9. The minimum Gasteiger partial charge on any atom is -0.394 e. The molecule has 0 aromatic rings. The summed E-state index contributed by atoms with van der Waals surface area (Å²) in [7, 11) is 0. The van der Waals surface area contributed by atoms with Crippen molar-refractivity contribution in [1.29, 1.82) is 0 Å². The first kappa shape index (κ1) is 50.7. The second-order valence-corrected chi connectivity index (χ2v) is 23.6. The van der Waals surface area contributed by atoms with Crippen LogP contribution in [0.1, 0.15) is 127 Å². The predicted molar refractivity (Wildman–Crippen MR) is 230 cm³/mol. The standard InChI is InChI=1S/C48H82O17/c1-22-31(51)34(54)36(56)40(59-22)63-38-33(53)26(20-49)61-42(39(38)64-41-37(57)35(55)32(52)23(2)60-41)62-29-14-16-44(5)27(43(29,3)4)13-18-46(7)28(44)11-10-24-25(12-17-45(24,46)6)48(9)19-15-30(65-48)47(8,58)21-50/h22-42,49-58H,10-21H2,1-9H3. The highest BCUT2D eigenvalue weighted by molar-refractivity contribution is 5.19. The minimum absolute atomic E-state index is 0.0381. The topological polar surface area (TPSA) is 267 Å². The Morgan fingerprint density at radius 1 is 0.554 bits per heavy atom. The lowest BCUT2D eigenvalue weighted by molar-refractivity contribution is -0.397. The number of rotatable bonds is 10. The van der Waals surface area contributed by atoms with Crippen molar-refractivity contribution in [2.45, 2.75) is 242 Å². The summed E-state index contributed by atoms with van der Waals surface area (Å²) in [6.45, 7) is 17.9. The Balaban J connectivity index is 1.04. The fraction of sp³-hybridized carbons (Fsp3) is 1.00. The fourth-order valence-corrected chi connectivity index (χ4v) is 15.5. The number of aliphatic hydroxyl groups excluding tert-OH is 9. The van der Waals surface area contributed by atoms with E-state index in [0.29, 0.717) is 24.2 Å². The molecule has 8 rings (SSSR count). The maximum atomic E-state index is 11.7. The van der Waals surface area contributed by atoms with Gasteiger partial charge in [0.25, 0.3) is 0 Å². The first-order valence-corrected chi connectivity index (χ1v) is 24.6. The maximum Gasteiger partial charge on any atom is 0.187 e. The van der Waals surface area contributed by atoms with Gasteiger partial charge in [0.15, 0.2) is 18.9 Å². The Hall–Kier alpha value is -0.680. The molecule has 17 nitrogen and oxygen atoms in total. The number of fused-ring (bicyclic) bond motifs is 5. The van der Waals surface area contributed by atoms with Gasteiger partial charge in [-0.3, -0.25) is 0 Å². The maximum absolute atomic E-state index is 11.7. The van der Waals surface area contributed by atoms with E-state index in [4.69, 9.17) is 33.2 Å². The van der Waals surface area contributed by atoms with Crippen molar-refractivity contribution < 1.29 is 84.2 Å². The van der Waals surface area contributed by atoms with Crippen molar-refractivity contribution in [2.24, 2.45) is 45.3 Å². The van der Waals surface area contributed by atoms with Gasteiger partial charge in [-0.05, 0) is 137 Å². The van der Waals surface area contributed by atoms with E-state index in [9.17, 15) is 51.1 Å². The SMILES string of the molecule is CC1OC(OC2C(OC3CCC4(C)C(CCC5(C)C4CCC4C(C6(C)CCC(C(C)(O)CO)O6)CCC45C)C3(C)C)OC(CO)C(O)C2OC2OC(C)C(O)C(O)C2O)C(O)C(O)C1O. The van der Waals surface area contributed by atoms with E-state index in [1.54, 1.807) is 6.92 Å². The predicted octanol–water partition coefficient (Wildman–Crippen LogP) is 1.24. The molecule has 0 aromatic carbocycles. The first-order valence-electron chi connectivity index (χ1n) is 24.6. The highest BCUT2D eigenvalue weighted by Crippen LogP contribution is 2.76. The molecule has 65 heavy (non-hydrogen) atoms. The van der Waals surface area contributed by atoms with Gasteiger partial charge < -0.3 is 84.2 Å². The molecule has 4 heterocycles. The van der Waals surface area contributed by atoms with Crippen LogP contribution < -0.4 is 0 Å². The van der Waals surface area contributed by atoms with E-state index in [1.165, 1.54) is 13.8 Å². The molecule has 4 aliphatic carbocycles. The molecule has 0 aromatic heterocycles. The Bertz CT molecular complexity index is 1670. The van der Waals surface area contributed by atoms with Gasteiger partial charge in [-0.15, -0.1) is 0 Å². The van der Waals surface area contributed by atoms with Crippen molar-refractivity contribution in [2.75, 3.05) is 13.2 Å². The summed E-state index contributed by atoms with van der Waals surface area (Å²) < 4.78 is 44.3. The molecule has 26 unspecified atom stereocenters. The molecule has 10 N–H and O–H groups in total. The summed E-state index contributed by atoms with van der Waals surface area (Å²) in [5.41, 5.74) is -1.96. The number of ether oxygens (including phenoxy) is 7. The third-order valence-corrected chi connectivity index (χ3v) is 19.7. The molecule has 4 saturated carbocycles. The average molecular weight is 931 g/mol. The molecule has 4 aliphatic heterocycles. The highest BCUT2D eigenvalue weighted by Gasteiger charge is 2.70. The van der Waals surface area contributed by atoms with Crippen LogP contribution in [0.5, 0.6) is 0 Å². The van der Waals surface area contributed by atoms with Crippen molar-refractivity contribution in [3.63, 3.8) is 0 Å². The number of hydrogen-bond donors (Lipinski definition) is 10. The molecule has 376 valence electrons. The van der Waals surface area contributed by atoms with Crippen LogP contribution in [0, 0.1) is 45.3 Å². The van der Waals surface area contributed by atoms with Crippen LogP contribution in [0.2, 0.25) is 0 Å². The van der Waals surface area contributed by atoms with Gasteiger partial charge in [0.2, 0.25) is 0 Å². The highest BCUT2D eigenvalue weighted by atomic mass is 16.8. The Morgan fingerprint density at radius 2 is 1.14 bits per heavy atom. The van der Waals surface area contributed by atoms with Crippen LogP contribution in [-0.4, -0.2) is 180 Å². The van der Waals surface area contributed by atoms with Gasteiger partial charge in [-0.25, -0.2) is 0 Å². The van der Waals surface area contributed by atoms with Crippen molar-refractivity contribution in [3.8, 4) is 0 Å². The first-order chi connectivity index (χ1) is 30.3. The lowest BCUT2D eigenvalue weighted by Gasteiger charge is -2.70. The van der Waals surface area contributed by atoms with Crippen LogP contribution in [0.15, 0.2) is 0 Å². The van der Waals surface area contributed by atoms with E-state index < -0.39 is 122 Å². The molecule has 0 radical (unpaired) electrons. The zero-order valence-corrected chi connectivity index (χ0v) is 39.9. The molecule has 4 saturated heterocycles. The monoisotopic (exact) mass is 931 g/mol. The molecule has 8 aliphatic rings. The Labute approximate surface area is 384 Å². The van der Waals surface area contributed by atoms with Crippen molar-refractivity contribution in [3.05, 3.63) is 0 Å². The summed E-state index contributed by atoms with van der Waals surface area (Å²) in [6, 6.07) is 0. The normalized spacial score (nSPS) is 56.6. The van der Waals surface area contributed by atoms with Crippen LogP contribution in [0.4, 0.5) is 0 Å². The number of aliphatic hydroxyl groups is 10. The van der Waals surface area contributed by atoms with Crippen LogP contribution in [0.3, 0.4) is 0 Å². The van der Waals surface area contributed by atoms with Gasteiger partial charge in [0.05, 0.1) is 43.2 Å². The molecule has 0 bridgehead atoms. The van der Waals surface area contributed by atoms with Gasteiger partial charge in [0, 0.05) is 0 Å². The minimum atomic E-state index is -1.75. The third kappa shape index (κ3) is 8.11. The van der Waals surface area contributed by atoms with Crippen molar-refractivity contribution in [1.82, 2.24) is 0 Å². The van der Waals surface area contributed by atoms with Crippen LogP contribution in [-0.2, 0) is 33.2 Å². The summed E-state index contributed by atoms with van der Waals surface area (Å²) in [5.74, 6) is 1.51. The second kappa shape index (κ2) is 17.9. The largest absolute Gasteiger partial charge is 0.394 e. The summed E-state index contributed by atoms with van der Waals surface area (Å²) in [5, 5.41) is 107. The van der Waals surface area contributed by atoms with E-state index in [0.717, 1.165) is 57.8 Å². The van der Waals surface area contributed by atoms with Crippen LogP contribution >= 0.6 is 0 Å². The Morgan fingerprint density at radius 3 is 1.72 bits per heavy atom. The van der Waals surface area contributed by atoms with E-state index >= 15 is 0 Å². The lowest BCUT2D eigenvalue weighted by Crippen LogP contribution is -2.68. The van der Waals surface area contributed by atoms with Crippen molar-refractivity contribution >= 4 is 0 Å². The lowest BCUT2D eigenvalue weighted by atomic mass is 9.35. The molecule has 8 fully saturated rings. The molecule has 17 heteroatoms. The smallest absolute Gasteiger partial charge is 0.187 e. The summed E-state index contributed by atoms with van der Waals surface area (Å²) >= 11 is 0. The van der Waals surface area contributed by atoms with Gasteiger partial charge in [0.1, 0.15) is 66.6 Å². The van der Waals surface area contributed by atoms with E-state index in [2.05, 4.69) is 41.5 Å². The Kier molecular flexibility index (Phi) is 13.9. The van der Waals surface area contributed by atoms with Crippen LogP contribution in [0.25, 0.3) is 0 Å². The summed E-state index contributed by atoms with van der Waals surface area (Å²) in [6.07, 6.45) is -13.3. The molecular weight excluding hydrogens is 849 g/mol. The van der Waals surface area contributed by atoms with Gasteiger partial charge in [-0.2, -0.15) is 0 Å². The third-order valence-electron chi connectivity index (χ3n) is 19.7. The van der Waals surface area contributed by atoms with Gasteiger partial charge >= 0.3 is 0 Å². The molecule has 0 amide bonds.